The fourth-order valence-corrected chi connectivity index (χ4v) is 2.25. The number of halogens is 1. The van der Waals surface area contributed by atoms with Crippen LogP contribution in [0.1, 0.15) is 23.7 Å². The number of carbonyl (C=O) groups is 1. The Bertz CT molecular complexity index is 404. The molecule has 1 heterocycles. The van der Waals surface area contributed by atoms with Crippen LogP contribution in [0.5, 0.6) is 0 Å². The summed E-state index contributed by atoms with van der Waals surface area (Å²) in [5.74, 6) is 0.431. The molecular weight excluding hydrogens is 236 g/mol. The lowest BCUT2D eigenvalue weighted by atomic mass is 9.94. The Morgan fingerprint density at radius 3 is 2.65 bits per heavy atom. The summed E-state index contributed by atoms with van der Waals surface area (Å²) in [7, 11) is 0. The highest BCUT2D eigenvalue weighted by Crippen LogP contribution is 2.18. The smallest absolute Gasteiger partial charge is 0.253 e. The van der Waals surface area contributed by atoms with Gasteiger partial charge in [-0.2, -0.15) is 0 Å². The standard InChI is InChI=1S/C13H17ClN2O/c1-9-8-16(7-6-12(9)15)13(17)10-2-4-11(14)5-3-10/h2-5,9,12H,6-8,15H2,1H3. The molecule has 1 amide bonds. The van der Waals surface area contributed by atoms with Crippen LogP contribution in [0.3, 0.4) is 0 Å². The van der Waals surface area contributed by atoms with Crippen molar-refractivity contribution < 1.29 is 4.79 Å². The van der Waals surface area contributed by atoms with Crippen molar-refractivity contribution in [1.29, 1.82) is 0 Å². The highest BCUT2D eigenvalue weighted by Gasteiger charge is 2.26. The van der Waals surface area contributed by atoms with E-state index in [9.17, 15) is 4.79 Å². The van der Waals surface area contributed by atoms with E-state index < -0.39 is 0 Å². The maximum absolute atomic E-state index is 12.2. The number of nitrogens with two attached hydrogens (primary N) is 1. The minimum absolute atomic E-state index is 0.0698. The van der Waals surface area contributed by atoms with E-state index in [1.54, 1.807) is 24.3 Å². The van der Waals surface area contributed by atoms with Gasteiger partial charge in [-0.1, -0.05) is 18.5 Å². The first-order valence-corrected chi connectivity index (χ1v) is 6.26. The van der Waals surface area contributed by atoms with E-state index in [4.69, 9.17) is 17.3 Å². The Morgan fingerprint density at radius 2 is 2.06 bits per heavy atom. The quantitative estimate of drug-likeness (QED) is 0.833. The number of hydrogen-bond donors (Lipinski definition) is 1. The topological polar surface area (TPSA) is 46.3 Å². The molecule has 1 aliphatic heterocycles. The van der Waals surface area contributed by atoms with Crippen LogP contribution in [-0.4, -0.2) is 29.9 Å². The second-order valence-corrected chi connectivity index (χ2v) is 5.12. The zero-order valence-corrected chi connectivity index (χ0v) is 10.7. The molecule has 3 nitrogen and oxygen atoms in total. The molecule has 0 aromatic heterocycles. The predicted octanol–water partition coefficient (Wildman–Crippen LogP) is 2.15. The molecule has 1 aliphatic rings. The molecule has 1 aromatic carbocycles. The van der Waals surface area contributed by atoms with Crippen LogP contribution in [-0.2, 0) is 0 Å². The summed E-state index contributed by atoms with van der Waals surface area (Å²) in [5, 5.41) is 0.649. The summed E-state index contributed by atoms with van der Waals surface area (Å²) in [6.45, 7) is 3.57. The summed E-state index contributed by atoms with van der Waals surface area (Å²) in [6.07, 6.45) is 0.875. The van der Waals surface area contributed by atoms with Crippen molar-refractivity contribution in [3.8, 4) is 0 Å². The molecule has 92 valence electrons. The second-order valence-electron chi connectivity index (χ2n) is 4.69. The van der Waals surface area contributed by atoms with E-state index >= 15 is 0 Å². The number of likely N-dealkylation sites (tertiary alicyclic amines) is 1. The lowest BCUT2D eigenvalue weighted by Gasteiger charge is -2.35. The largest absolute Gasteiger partial charge is 0.338 e. The Labute approximate surface area is 107 Å². The highest BCUT2D eigenvalue weighted by atomic mass is 35.5. The maximum atomic E-state index is 12.2. The van der Waals surface area contributed by atoms with Crippen molar-refractivity contribution in [2.24, 2.45) is 11.7 Å². The molecule has 17 heavy (non-hydrogen) atoms. The fourth-order valence-electron chi connectivity index (χ4n) is 2.12. The monoisotopic (exact) mass is 252 g/mol. The third-order valence-corrected chi connectivity index (χ3v) is 3.60. The number of amides is 1. The number of piperidine rings is 1. The van der Waals surface area contributed by atoms with Crippen LogP contribution in [0.2, 0.25) is 5.02 Å². The average molecular weight is 253 g/mol. The van der Waals surface area contributed by atoms with Gasteiger partial charge in [0.1, 0.15) is 0 Å². The Hall–Kier alpha value is -1.06. The molecule has 0 bridgehead atoms. The zero-order valence-electron chi connectivity index (χ0n) is 9.90. The minimum Gasteiger partial charge on any atom is -0.338 e. The minimum atomic E-state index is 0.0698. The molecule has 0 radical (unpaired) electrons. The first-order chi connectivity index (χ1) is 8.08. The van der Waals surface area contributed by atoms with Crippen LogP contribution in [0, 0.1) is 5.92 Å². The van der Waals surface area contributed by atoms with Gasteiger partial charge >= 0.3 is 0 Å². The molecule has 4 heteroatoms. The average Bonchev–Trinajstić information content (AvgIpc) is 2.33. The van der Waals surface area contributed by atoms with Crippen molar-refractivity contribution in [3.63, 3.8) is 0 Å². The van der Waals surface area contributed by atoms with Gasteiger partial charge in [-0.25, -0.2) is 0 Å². The van der Waals surface area contributed by atoms with E-state index in [0.29, 0.717) is 16.5 Å². The van der Waals surface area contributed by atoms with Crippen molar-refractivity contribution in [3.05, 3.63) is 34.9 Å². The molecule has 2 atom stereocenters. The SMILES string of the molecule is CC1CN(C(=O)c2ccc(Cl)cc2)CCC1N. The zero-order chi connectivity index (χ0) is 12.4. The summed E-state index contributed by atoms with van der Waals surface area (Å²) < 4.78 is 0. The molecular formula is C13H17ClN2O. The van der Waals surface area contributed by atoms with E-state index in [1.807, 2.05) is 4.90 Å². The number of carbonyl (C=O) groups excluding carboxylic acids is 1. The number of benzene rings is 1. The van der Waals surface area contributed by atoms with Crippen LogP contribution in [0.25, 0.3) is 0 Å². The maximum Gasteiger partial charge on any atom is 0.253 e. The van der Waals surface area contributed by atoms with Crippen LogP contribution in [0.15, 0.2) is 24.3 Å². The van der Waals surface area contributed by atoms with Crippen molar-refractivity contribution in [2.75, 3.05) is 13.1 Å². The Balaban J connectivity index is 2.08. The molecule has 1 fully saturated rings. The van der Waals surface area contributed by atoms with Crippen molar-refractivity contribution in [1.82, 2.24) is 4.90 Å². The summed E-state index contributed by atoms with van der Waals surface area (Å²) in [4.78, 5) is 14.1. The van der Waals surface area contributed by atoms with Gasteiger partial charge in [0.05, 0.1) is 0 Å². The normalized spacial score (nSPS) is 24.8. The second kappa shape index (κ2) is 5.07. The van der Waals surface area contributed by atoms with Gasteiger partial charge in [0.2, 0.25) is 0 Å². The third kappa shape index (κ3) is 2.79. The molecule has 0 aliphatic carbocycles. The summed E-state index contributed by atoms with van der Waals surface area (Å²) >= 11 is 5.80. The molecule has 2 rings (SSSR count). The summed E-state index contributed by atoms with van der Waals surface area (Å²) in [6, 6.07) is 7.24. The van der Waals surface area contributed by atoms with Crippen LogP contribution < -0.4 is 5.73 Å². The molecule has 2 unspecified atom stereocenters. The number of nitrogens with zero attached hydrogens (tertiary/aromatic N) is 1. The van der Waals surface area contributed by atoms with Crippen molar-refractivity contribution in [2.45, 2.75) is 19.4 Å². The van der Waals surface area contributed by atoms with Gasteiger partial charge in [-0.05, 0) is 36.6 Å². The Kier molecular flexibility index (Phi) is 3.69. The fraction of sp³-hybridized carbons (Fsp3) is 0.462. The first kappa shape index (κ1) is 12.4. The number of rotatable bonds is 1. The van der Waals surface area contributed by atoms with E-state index in [0.717, 1.165) is 19.5 Å². The van der Waals surface area contributed by atoms with Gasteiger partial charge in [0, 0.05) is 29.7 Å². The molecule has 2 N–H and O–H groups in total. The molecule has 1 saturated heterocycles. The lowest BCUT2D eigenvalue weighted by molar-refractivity contribution is 0.0664. The predicted molar refractivity (Wildman–Crippen MR) is 69.1 cm³/mol. The van der Waals surface area contributed by atoms with Crippen LogP contribution >= 0.6 is 11.6 Å². The number of hydrogen-bond acceptors (Lipinski definition) is 2. The first-order valence-electron chi connectivity index (χ1n) is 5.88. The van der Waals surface area contributed by atoms with Gasteiger partial charge < -0.3 is 10.6 Å². The van der Waals surface area contributed by atoms with E-state index in [-0.39, 0.29) is 11.9 Å². The lowest BCUT2D eigenvalue weighted by Crippen LogP contribution is -2.48. The van der Waals surface area contributed by atoms with Crippen LogP contribution in [0.4, 0.5) is 0 Å². The van der Waals surface area contributed by atoms with E-state index in [2.05, 4.69) is 6.92 Å². The Morgan fingerprint density at radius 1 is 1.41 bits per heavy atom. The van der Waals surface area contributed by atoms with Gasteiger partial charge in [0.25, 0.3) is 5.91 Å². The van der Waals surface area contributed by atoms with E-state index in [1.165, 1.54) is 0 Å². The molecule has 0 saturated carbocycles. The molecule has 1 aromatic rings. The highest BCUT2D eigenvalue weighted by molar-refractivity contribution is 6.30. The van der Waals surface area contributed by atoms with Gasteiger partial charge in [-0.15, -0.1) is 0 Å². The van der Waals surface area contributed by atoms with Crippen molar-refractivity contribution >= 4 is 17.5 Å². The van der Waals surface area contributed by atoms with Gasteiger partial charge in [0.15, 0.2) is 0 Å². The van der Waals surface area contributed by atoms with Gasteiger partial charge in [-0.3, -0.25) is 4.79 Å². The third-order valence-electron chi connectivity index (χ3n) is 3.35. The molecule has 0 spiro atoms. The summed E-state index contributed by atoms with van der Waals surface area (Å²) in [5.41, 5.74) is 6.64.